The third-order valence-corrected chi connectivity index (χ3v) is 5.29. The number of likely N-dealkylation sites (N-methyl/N-ethyl adjacent to an activating group) is 1. The van der Waals surface area contributed by atoms with E-state index in [2.05, 4.69) is 10.2 Å². The van der Waals surface area contributed by atoms with E-state index < -0.39 is 0 Å². The summed E-state index contributed by atoms with van der Waals surface area (Å²) in [4.78, 5) is 28.9. The minimum Gasteiger partial charge on any atom is -0.489 e. The Kier molecular flexibility index (Phi) is 6.55. The molecule has 1 saturated heterocycles. The summed E-state index contributed by atoms with van der Waals surface area (Å²) in [5.41, 5.74) is 1.42. The molecule has 0 bridgehead atoms. The smallest absolute Gasteiger partial charge is 0.251 e. The number of anilines is 1. The Balaban J connectivity index is 1.66. The van der Waals surface area contributed by atoms with E-state index in [9.17, 15) is 9.59 Å². The molecule has 0 radical (unpaired) electrons. The van der Waals surface area contributed by atoms with E-state index in [-0.39, 0.29) is 17.9 Å². The number of carbonyl (C=O) groups is 2. The summed E-state index contributed by atoms with van der Waals surface area (Å²) in [6, 6.07) is 5.38. The zero-order chi connectivity index (χ0) is 19.2. The van der Waals surface area contributed by atoms with Gasteiger partial charge in [0.1, 0.15) is 12.4 Å². The van der Waals surface area contributed by atoms with E-state index in [0.717, 1.165) is 37.4 Å². The molecule has 2 aliphatic rings. The summed E-state index contributed by atoms with van der Waals surface area (Å²) in [5, 5.41) is 2.82. The van der Waals surface area contributed by atoms with Crippen LogP contribution in [0.25, 0.3) is 0 Å². The Bertz CT molecular complexity index is 673. The summed E-state index contributed by atoms with van der Waals surface area (Å²) in [6.07, 6.45) is 3.82. The molecule has 1 aromatic carbocycles. The molecule has 2 heterocycles. The Morgan fingerprint density at radius 1 is 1.26 bits per heavy atom. The van der Waals surface area contributed by atoms with Crippen LogP contribution in [0.3, 0.4) is 0 Å². The highest BCUT2D eigenvalue weighted by molar-refractivity contribution is 5.95. The average molecular weight is 375 g/mol. The molecule has 2 aliphatic heterocycles. The molecular formula is C20H29N3O4. The van der Waals surface area contributed by atoms with Crippen LogP contribution in [0.5, 0.6) is 5.75 Å². The lowest BCUT2D eigenvalue weighted by Gasteiger charge is -2.37. The summed E-state index contributed by atoms with van der Waals surface area (Å²) in [6.45, 7) is 3.13. The van der Waals surface area contributed by atoms with Crippen molar-refractivity contribution in [1.29, 1.82) is 0 Å². The zero-order valence-electron chi connectivity index (χ0n) is 16.2. The fraction of sp³-hybridized carbons (Fsp3) is 0.600. The summed E-state index contributed by atoms with van der Waals surface area (Å²) in [7, 11) is 3.56. The second-order valence-electron chi connectivity index (χ2n) is 7.15. The minimum atomic E-state index is -0.144. The summed E-state index contributed by atoms with van der Waals surface area (Å²) in [5.74, 6) is 0.787. The number of hydrogen-bond acceptors (Lipinski definition) is 5. The molecule has 7 nitrogen and oxygen atoms in total. The van der Waals surface area contributed by atoms with Crippen LogP contribution < -0.4 is 15.0 Å². The molecule has 27 heavy (non-hydrogen) atoms. The number of amides is 2. The Morgan fingerprint density at radius 2 is 2.04 bits per heavy atom. The SMILES string of the molecule is COCCNC(=O)c1ccc2c(c1)N(C)[C@H](CC(=O)N1CCCCC1)CO2. The number of hydrogen-bond donors (Lipinski definition) is 1. The number of ether oxygens (including phenoxy) is 2. The van der Waals surface area contributed by atoms with Gasteiger partial charge in [0.2, 0.25) is 5.91 Å². The predicted octanol–water partition coefficient (Wildman–Crippen LogP) is 1.66. The zero-order valence-corrected chi connectivity index (χ0v) is 16.2. The van der Waals surface area contributed by atoms with Crippen molar-refractivity contribution in [3.63, 3.8) is 0 Å². The van der Waals surface area contributed by atoms with Crippen LogP contribution in [0.2, 0.25) is 0 Å². The number of methoxy groups -OCH3 is 1. The van der Waals surface area contributed by atoms with Crippen molar-refractivity contribution in [2.24, 2.45) is 0 Å². The quantitative estimate of drug-likeness (QED) is 0.766. The molecule has 0 spiro atoms. The number of carbonyl (C=O) groups excluding carboxylic acids is 2. The topological polar surface area (TPSA) is 71.1 Å². The van der Waals surface area contributed by atoms with Gasteiger partial charge in [0.05, 0.1) is 24.8 Å². The van der Waals surface area contributed by atoms with E-state index in [4.69, 9.17) is 9.47 Å². The normalized spacial score (nSPS) is 19.3. The second-order valence-corrected chi connectivity index (χ2v) is 7.15. The predicted molar refractivity (Wildman–Crippen MR) is 103 cm³/mol. The van der Waals surface area contributed by atoms with Gasteiger partial charge in [-0.1, -0.05) is 0 Å². The lowest BCUT2D eigenvalue weighted by molar-refractivity contribution is -0.132. The number of likely N-dealkylation sites (tertiary alicyclic amines) is 1. The molecule has 1 fully saturated rings. The van der Waals surface area contributed by atoms with Gasteiger partial charge in [-0.2, -0.15) is 0 Å². The van der Waals surface area contributed by atoms with E-state index in [1.54, 1.807) is 13.2 Å². The first-order valence-corrected chi connectivity index (χ1v) is 9.64. The van der Waals surface area contributed by atoms with Gasteiger partial charge in [0.15, 0.2) is 0 Å². The number of nitrogens with one attached hydrogen (secondary N) is 1. The van der Waals surface area contributed by atoms with E-state index in [1.165, 1.54) is 6.42 Å². The highest BCUT2D eigenvalue weighted by atomic mass is 16.5. The van der Waals surface area contributed by atoms with Crippen molar-refractivity contribution in [3.8, 4) is 5.75 Å². The first-order valence-electron chi connectivity index (χ1n) is 9.64. The molecule has 148 valence electrons. The first kappa shape index (κ1) is 19.5. The minimum absolute atomic E-state index is 0.0290. The Labute approximate surface area is 160 Å². The first-order chi connectivity index (χ1) is 13.1. The highest BCUT2D eigenvalue weighted by Crippen LogP contribution is 2.34. The van der Waals surface area contributed by atoms with Crippen LogP contribution in [0.15, 0.2) is 18.2 Å². The van der Waals surface area contributed by atoms with Crippen molar-refractivity contribution in [2.45, 2.75) is 31.7 Å². The van der Waals surface area contributed by atoms with Crippen molar-refractivity contribution >= 4 is 17.5 Å². The molecule has 1 N–H and O–H groups in total. The lowest BCUT2D eigenvalue weighted by Crippen LogP contribution is -2.45. The van der Waals surface area contributed by atoms with Gasteiger partial charge in [0, 0.05) is 39.4 Å². The van der Waals surface area contributed by atoms with Crippen LogP contribution in [-0.4, -0.2) is 69.8 Å². The molecule has 0 unspecified atom stereocenters. The van der Waals surface area contributed by atoms with E-state index in [0.29, 0.717) is 31.7 Å². The van der Waals surface area contributed by atoms with Crippen LogP contribution >= 0.6 is 0 Å². The molecule has 7 heteroatoms. The van der Waals surface area contributed by atoms with Crippen molar-refractivity contribution < 1.29 is 19.1 Å². The van der Waals surface area contributed by atoms with Gasteiger partial charge < -0.3 is 24.6 Å². The molecule has 1 atom stereocenters. The van der Waals surface area contributed by atoms with Crippen molar-refractivity contribution in [3.05, 3.63) is 23.8 Å². The number of piperidine rings is 1. The van der Waals surface area contributed by atoms with Gasteiger partial charge >= 0.3 is 0 Å². The van der Waals surface area contributed by atoms with E-state index >= 15 is 0 Å². The molecule has 0 aromatic heterocycles. The molecule has 1 aromatic rings. The standard InChI is InChI=1S/C20H29N3O4/c1-22-16(13-19(24)23-9-4-3-5-10-23)14-27-18-7-6-15(12-17(18)22)20(25)21-8-11-26-2/h6-7,12,16H,3-5,8-11,13-14H2,1-2H3,(H,21,25)/t16-/m1/s1. The molecular weight excluding hydrogens is 346 g/mol. The van der Waals surface area contributed by atoms with Gasteiger partial charge in [-0.05, 0) is 37.5 Å². The third kappa shape index (κ3) is 4.71. The van der Waals surface area contributed by atoms with Gasteiger partial charge in [0.25, 0.3) is 5.91 Å². The number of nitrogens with zero attached hydrogens (tertiary/aromatic N) is 2. The summed E-state index contributed by atoms with van der Waals surface area (Å²) >= 11 is 0. The third-order valence-electron chi connectivity index (χ3n) is 5.29. The molecule has 0 aliphatic carbocycles. The summed E-state index contributed by atoms with van der Waals surface area (Å²) < 4.78 is 10.8. The number of rotatable bonds is 6. The van der Waals surface area contributed by atoms with Crippen LogP contribution in [0.4, 0.5) is 5.69 Å². The maximum absolute atomic E-state index is 12.6. The molecule has 3 rings (SSSR count). The Hall–Kier alpha value is -2.28. The van der Waals surface area contributed by atoms with Gasteiger partial charge in [-0.3, -0.25) is 9.59 Å². The van der Waals surface area contributed by atoms with Crippen LogP contribution in [-0.2, 0) is 9.53 Å². The van der Waals surface area contributed by atoms with Crippen molar-refractivity contribution in [1.82, 2.24) is 10.2 Å². The maximum atomic E-state index is 12.6. The Morgan fingerprint density at radius 3 is 2.78 bits per heavy atom. The van der Waals surface area contributed by atoms with Crippen LogP contribution in [0, 0.1) is 0 Å². The lowest BCUT2D eigenvalue weighted by atomic mass is 10.1. The number of benzene rings is 1. The average Bonchev–Trinajstić information content (AvgIpc) is 2.70. The number of fused-ring (bicyclic) bond motifs is 1. The van der Waals surface area contributed by atoms with E-state index in [1.807, 2.05) is 24.1 Å². The van der Waals surface area contributed by atoms with Crippen molar-refractivity contribution in [2.75, 3.05) is 51.9 Å². The fourth-order valence-electron chi connectivity index (χ4n) is 3.59. The van der Waals surface area contributed by atoms with Gasteiger partial charge in [-0.25, -0.2) is 0 Å². The monoisotopic (exact) mass is 375 g/mol. The maximum Gasteiger partial charge on any atom is 0.251 e. The molecule has 2 amide bonds. The van der Waals surface area contributed by atoms with Crippen LogP contribution in [0.1, 0.15) is 36.0 Å². The molecule has 0 saturated carbocycles. The van der Waals surface area contributed by atoms with Gasteiger partial charge in [-0.15, -0.1) is 0 Å². The second kappa shape index (κ2) is 9.08. The highest BCUT2D eigenvalue weighted by Gasteiger charge is 2.29. The largest absolute Gasteiger partial charge is 0.489 e. The fourth-order valence-corrected chi connectivity index (χ4v) is 3.59.